The molecule has 2 unspecified atom stereocenters. The Morgan fingerprint density at radius 2 is 1.79 bits per heavy atom. The van der Waals surface area contributed by atoms with Crippen molar-refractivity contribution < 1.29 is 0 Å². The van der Waals surface area contributed by atoms with Gasteiger partial charge in [-0.3, -0.25) is 0 Å². The molecule has 19 heavy (non-hydrogen) atoms. The van der Waals surface area contributed by atoms with E-state index in [1.54, 1.807) is 6.20 Å². The van der Waals surface area contributed by atoms with E-state index >= 15 is 0 Å². The molecule has 4 nitrogen and oxygen atoms in total. The summed E-state index contributed by atoms with van der Waals surface area (Å²) in [5.74, 6) is 0.998. The Morgan fingerprint density at radius 3 is 2.26 bits per heavy atom. The van der Waals surface area contributed by atoms with Crippen molar-refractivity contribution in [2.24, 2.45) is 0 Å². The van der Waals surface area contributed by atoms with Crippen LogP contribution in [0.5, 0.6) is 0 Å². The molecule has 0 saturated carbocycles. The van der Waals surface area contributed by atoms with E-state index in [9.17, 15) is 0 Å². The number of aromatic nitrogens is 1. The molecule has 1 N–H and O–H groups in total. The van der Waals surface area contributed by atoms with Crippen LogP contribution < -0.4 is 10.2 Å². The lowest BCUT2D eigenvalue weighted by atomic mass is 10.2. The van der Waals surface area contributed by atoms with Crippen LogP contribution in [0.3, 0.4) is 0 Å². The predicted molar refractivity (Wildman–Crippen MR) is 82.9 cm³/mol. The van der Waals surface area contributed by atoms with Gasteiger partial charge in [0.1, 0.15) is 11.9 Å². The number of fused-ring (bicyclic) bond motifs is 2. The van der Waals surface area contributed by atoms with Gasteiger partial charge in [0.2, 0.25) is 0 Å². The maximum atomic E-state index is 8.72. The van der Waals surface area contributed by atoms with E-state index in [4.69, 9.17) is 5.26 Å². The van der Waals surface area contributed by atoms with Crippen LogP contribution in [0.2, 0.25) is 0 Å². The lowest BCUT2D eigenvalue weighted by molar-refractivity contribution is 0.463. The second-order valence-corrected chi connectivity index (χ2v) is 4.56. The Hall–Kier alpha value is -0.730. The van der Waals surface area contributed by atoms with Crippen molar-refractivity contribution in [3.05, 3.63) is 23.9 Å². The minimum absolute atomic E-state index is 0. The Balaban J connectivity index is 0.00000108. The summed E-state index contributed by atoms with van der Waals surface area (Å²) in [5, 5.41) is 12.3. The molecule has 2 saturated heterocycles. The van der Waals surface area contributed by atoms with Gasteiger partial charge in [-0.25, -0.2) is 4.98 Å². The third kappa shape index (κ3) is 3.87. The van der Waals surface area contributed by atoms with E-state index in [0.717, 1.165) is 18.9 Å². The molecule has 2 aliphatic rings. The Kier molecular flexibility index (Phi) is 7.46. The van der Waals surface area contributed by atoms with E-state index in [1.807, 2.05) is 12.1 Å². The van der Waals surface area contributed by atoms with Crippen LogP contribution in [0.4, 0.5) is 5.82 Å². The zero-order valence-corrected chi connectivity index (χ0v) is 12.7. The second kappa shape index (κ2) is 7.76. The molecule has 7 heteroatoms. The highest BCUT2D eigenvalue weighted by Gasteiger charge is 2.32. The van der Waals surface area contributed by atoms with Crippen LogP contribution in [0.1, 0.15) is 18.4 Å². The van der Waals surface area contributed by atoms with E-state index in [0.29, 0.717) is 17.6 Å². The van der Waals surface area contributed by atoms with Gasteiger partial charge in [0.25, 0.3) is 0 Å². The highest BCUT2D eigenvalue weighted by Crippen LogP contribution is 2.23. The van der Waals surface area contributed by atoms with Gasteiger partial charge in [0, 0.05) is 31.4 Å². The summed E-state index contributed by atoms with van der Waals surface area (Å²) >= 11 is 0. The van der Waals surface area contributed by atoms with Crippen LogP contribution in [0, 0.1) is 11.3 Å². The number of rotatable bonds is 1. The number of hydrogen-bond acceptors (Lipinski definition) is 4. The maximum Gasteiger partial charge on any atom is 0.128 e. The molecule has 0 amide bonds. The normalized spacial score (nSPS) is 23.4. The molecular formula is C12H17Cl3N4. The minimum atomic E-state index is 0. The summed E-state index contributed by atoms with van der Waals surface area (Å²) in [6, 6.07) is 7.12. The van der Waals surface area contributed by atoms with E-state index in [2.05, 4.69) is 21.3 Å². The van der Waals surface area contributed by atoms with Crippen molar-refractivity contribution in [1.29, 1.82) is 5.26 Å². The van der Waals surface area contributed by atoms with E-state index < -0.39 is 0 Å². The molecule has 2 bridgehead atoms. The molecule has 2 aliphatic heterocycles. The SMILES string of the molecule is Cl.Cl.Cl.N#Cc1ccc(N2CC3CCC(C2)N3)nc1. The average molecular weight is 324 g/mol. The first-order valence-corrected chi connectivity index (χ1v) is 5.72. The second-order valence-electron chi connectivity index (χ2n) is 4.56. The van der Waals surface area contributed by atoms with Gasteiger partial charge in [-0.1, -0.05) is 0 Å². The molecule has 1 aromatic rings. The van der Waals surface area contributed by atoms with Crippen LogP contribution in [0.15, 0.2) is 18.3 Å². The van der Waals surface area contributed by atoms with Crippen molar-refractivity contribution in [1.82, 2.24) is 10.3 Å². The lowest BCUT2D eigenvalue weighted by Crippen LogP contribution is -2.51. The largest absolute Gasteiger partial charge is 0.353 e. The van der Waals surface area contributed by atoms with Crippen LogP contribution in [0.25, 0.3) is 0 Å². The van der Waals surface area contributed by atoms with Crippen molar-refractivity contribution in [2.45, 2.75) is 24.9 Å². The lowest BCUT2D eigenvalue weighted by Gasteiger charge is -2.33. The van der Waals surface area contributed by atoms with Crippen molar-refractivity contribution in [3.8, 4) is 6.07 Å². The zero-order chi connectivity index (χ0) is 11.0. The first kappa shape index (κ1) is 18.3. The molecule has 106 valence electrons. The predicted octanol–water partition coefficient (Wildman–Crippen LogP) is 2.16. The van der Waals surface area contributed by atoms with Crippen LogP contribution in [-0.2, 0) is 0 Å². The summed E-state index contributed by atoms with van der Waals surface area (Å²) in [6.07, 6.45) is 4.20. The Bertz CT molecular complexity index is 420. The molecule has 0 aliphatic carbocycles. The van der Waals surface area contributed by atoms with E-state index in [1.165, 1.54) is 12.8 Å². The highest BCUT2D eigenvalue weighted by molar-refractivity contribution is 5.86. The van der Waals surface area contributed by atoms with Gasteiger partial charge < -0.3 is 10.2 Å². The number of pyridine rings is 1. The summed E-state index contributed by atoms with van der Waals surface area (Å²) < 4.78 is 0. The summed E-state index contributed by atoms with van der Waals surface area (Å²) in [4.78, 5) is 6.66. The van der Waals surface area contributed by atoms with Crippen molar-refractivity contribution >= 4 is 43.0 Å². The molecule has 0 spiro atoms. The van der Waals surface area contributed by atoms with Gasteiger partial charge in [-0.15, -0.1) is 37.2 Å². The van der Waals surface area contributed by atoms with Crippen molar-refractivity contribution in [3.63, 3.8) is 0 Å². The fourth-order valence-corrected chi connectivity index (χ4v) is 2.62. The molecule has 1 aromatic heterocycles. The van der Waals surface area contributed by atoms with Gasteiger partial charge in [-0.05, 0) is 25.0 Å². The highest BCUT2D eigenvalue weighted by atomic mass is 35.5. The smallest absolute Gasteiger partial charge is 0.128 e. The minimum Gasteiger partial charge on any atom is -0.353 e. The summed E-state index contributed by atoms with van der Waals surface area (Å²) in [6.45, 7) is 2.07. The number of piperazine rings is 1. The maximum absolute atomic E-state index is 8.72. The Morgan fingerprint density at radius 1 is 1.16 bits per heavy atom. The van der Waals surface area contributed by atoms with Gasteiger partial charge in [-0.2, -0.15) is 5.26 Å². The topological polar surface area (TPSA) is 52.0 Å². The van der Waals surface area contributed by atoms with Crippen molar-refractivity contribution in [2.75, 3.05) is 18.0 Å². The first-order chi connectivity index (χ1) is 7.85. The zero-order valence-electron chi connectivity index (χ0n) is 10.3. The summed E-state index contributed by atoms with van der Waals surface area (Å²) in [5.41, 5.74) is 0.627. The van der Waals surface area contributed by atoms with Crippen LogP contribution in [-0.4, -0.2) is 30.2 Å². The number of anilines is 1. The Labute approximate surface area is 131 Å². The molecule has 3 rings (SSSR count). The molecule has 3 heterocycles. The number of hydrogen-bond donors (Lipinski definition) is 1. The van der Waals surface area contributed by atoms with Gasteiger partial charge in [0.15, 0.2) is 0 Å². The van der Waals surface area contributed by atoms with Crippen LogP contribution >= 0.6 is 37.2 Å². The number of halogens is 3. The molecule has 0 radical (unpaired) electrons. The molecule has 0 aromatic carbocycles. The van der Waals surface area contributed by atoms with Gasteiger partial charge >= 0.3 is 0 Å². The quantitative estimate of drug-likeness (QED) is 0.860. The van der Waals surface area contributed by atoms with Gasteiger partial charge in [0.05, 0.1) is 5.56 Å². The van der Waals surface area contributed by atoms with E-state index in [-0.39, 0.29) is 37.2 Å². The molecule has 2 fully saturated rings. The number of nitrogens with zero attached hydrogens (tertiary/aromatic N) is 3. The summed E-state index contributed by atoms with van der Waals surface area (Å²) in [7, 11) is 0. The molecular weight excluding hydrogens is 307 g/mol. The monoisotopic (exact) mass is 322 g/mol. The average Bonchev–Trinajstić information content (AvgIpc) is 2.68. The third-order valence-corrected chi connectivity index (χ3v) is 3.42. The third-order valence-electron chi connectivity index (χ3n) is 3.42. The number of nitriles is 1. The standard InChI is InChI=1S/C12H14N4.3ClH/c13-5-9-1-4-12(14-6-9)16-7-10-2-3-11(8-16)15-10;;;/h1,4,6,10-11,15H,2-3,7-8H2;3*1H. The fraction of sp³-hybridized carbons (Fsp3) is 0.500. The molecule has 2 atom stereocenters. The number of nitrogens with one attached hydrogen (secondary N) is 1. The first-order valence-electron chi connectivity index (χ1n) is 5.72. The fourth-order valence-electron chi connectivity index (χ4n) is 2.62.